The lowest BCUT2D eigenvalue weighted by molar-refractivity contribution is 0.102. The van der Waals surface area contributed by atoms with Crippen LogP contribution in [0.1, 0.15) is 10.4 Å². The number of aromatic nitrogens is 1. The summed E-state index contributed by atoms with van der Waals surface area (Å²) in [7, 11) is -1.07. The second kappa shape index (κ2) is 7.92. The number of anilines is 1. The van der Waals surface area contributed by atoms with Crippen molar-refractivity contribution in [2.45, 2.75) is 4.90 Å². The first-order valence-corrected chi connectivity index (χ1v) is 10.8. The number of amides is 1. The highest BCUT2D eigenvalue weighted by Crippen LogP contribution is 2.31. The van der Waals surface area contributed by atoms with Crippen molar-refractivity contribution in [2.75, 3.05) is 11.6 Å². The van der Waals surface area contributed by atoms with Crippen LogP contribution in [0.25, 0.3) is 10.2 Å². The molecule has 4 rings (SSSR count). The summed E-state index contributed by atoms with van der Waals surface area (Å²) in [6.45, 7) is 0. The first-order valence-electron chi connectivity index (χ1n) is 8.47. The maximum absolute atomic E-state index is 12.4. The molecule has 1 heterocycles. The van der Waals surface area contributed by atoms with Gasteiger partial charge in [0.1, 0.15) is 11.5 Å². The Morgan fingerprint density at radius 3 is 2.46 bits per heavy atom. The van der Waals surface area contributed by atoms with Crippen molar-refractivity contribution in [3.63, 3.8) is 0 Å². The largest absolute Gasteiger partial charge is 0.457 e. The van der Waals surface area contributed by atoms with Gasteiger partial charge in [0, 0.05) is 33.6 Å². The number of hydrogen-bond donors (Lipinski definition) is 1. The zero-order chi connectivity index (χ0) is 19.5. The van der Waals surface area contributed by atoms with Gasteiger partial charge in [-0.05, 0) is 48.5 Å². The van der Waals surface area contributed by atoms with Gasteiger partial charge >= 0.3 is 0 Å². The van der Waals surface area contributed by atoms with Crippen molar-refractivity contribution >= 4 is 43.4 Å². The predicted octanol–water partition coefficient (Wildman–Crippen LogP) is 5.08. The number of carbonyl (C=O) groups excluding carboxylic acids is 1. The number of thiazole rings is 1. The molecule has 28 heavy (non-hydrogen) atoms. The molecule has 4 aromatic rings. The smallest absolute Gasteiger partial charge is 0.257 e. The third-order valence-electron chi connectivity index (χ3n) is 4.01. The minimum absolute atomic E-state index is 0.256. The summed E-state index contributed by atoms with van der Waals surface area (Å²) < 4.78 is 18.2. The van der Waals surface area contributed by atoms with Gasteiger partial charge in [0.15, 0.2) is 5.13 Å². The molecule has 0 aliphatic rings. The first kappa shape index (κ1) is 18.3. The molecule has 0 fully saturated rings. The molecule has 7 heteroatoms. The highest BCUT2D eigenvalue weighted by atomic mass is 32.2. The van der Waals surface area contributed by atoms with E-state index in [1.807, 2.05) is 48.5 Å². The van der Waals surface area contributed by atoms with Crippen molar-refractivity contribution in [2.24, 2.45) is 0 Å². The van der Waals surface area contributed by atoms with E-state index in [1.54, 1.807) is 30.5 Å². The van der Waals surface area contributed by atoms with Crippen LogP contribution in [0.2, 0.25) is 0 Å². The van der Waals surface area contributed by atoms with E-state index in [2.05, 4.69) is 10.3 Å². The molecule has 5 nitrogen and oxygen atoms in total. The Kier molecular flexibility index (Phi) is 5.18. The van der Waals surface area contributed by atoms with Crippen LogP contribution in [0.4, 0.5) is 5.13 Å². The monoisotopic (exact) mass is 408 g/mol. The SMILES string of the molecule is CS(=O)c1ccc(C(=O)Nc2nc3ccc(Oc4ccccc4)cc3s2)cc1. The lowest BCUT2D eigenvalue weighted by Gasteiger charge is -2.04. The van der Waals surface area contributed by atoms with Gasteiger partial charge < -0.3 is 4.74 Å². The van der Waals surface area contributed by atoms with Crippen molar-refractivity contribution in [1.29, 1.82) is 0 Å². The molecule has 3 aromatic carbocycles. The topological polar surface area (TPSA) is 68.3 Å². The molecule has 1 unspecified atom stereocenters. The van der Waals surface area contributed by atoms with Gasteiger partial charge in [-0.25, -0.2) is 4.98 Å². The number of nitrogens with one attached hydrogen (secondary N) is 1. The van der Waals surface area contributed by atoms with Gasteiger partial charge in [-0.3, -0.25) is 14.3 Å². The summed E-state index contributed by atoms with van der Waals surface area (Å²) in [4.78, 5) is 17.6. The van der Waals surface area contributed by atoms with E-state index in [-0.39, 0.29) is 5.91 Å². The Balaban J connectivity index is 1.51. The summed E-state index contributed by atoms with van der Waals surface area (Å²) >= 11 is 1.38. The van der Waals surface area contributed by atoms with Gasteiger partial charge in [0.2, 0.25) is 0 Å². The molecular weight excluding hydrogens is 392 g/mol. The molecule has 0 saturated heterocycles. The first-order chi connectivity index (χ1) is 13.6. The normalized spacial score (nSPS) is 11.9. The maximum atomic E-state index is 12.4. The predicted molar refractivity (Wildman–Crippen MR) is 113 cm³/mol. The minimum atomic E-state index is -1.07. The van der Waals surface area contributed by atoms with Crippen molar-refractivity contribution in [1.82, 2.24) is 4.98 Å². The van der Waals surface area contributed by atoms with Crippen LogP contribution in [0.15, 0.2) is 77.7 Å². The molecule has 140 valence electrons. The zero-order valence-corrected chi connectivity index (χ0v) is 16.5. The number of hydrogen-bond acceptors (Lipinski definition) is 5. The third-order valence-corrected chi connectivity index (χ3v) is 5.88. The quantitative estimate of drug-likeness (QED) is 0.500. The Morgan fingerprint density at radius 1 is 1.00 bits per heavy atom. The van der Waals surface area contributed by atoms with E-state index < -0.39 is 10.8 Å². The summed E-state index contributed by atoms with van der Waals surface area (Å²) in [5, 5.41) is 3.33. The summed E-state index contributed by atoms with van der Waals surface area (Å²) in [5.74, 6) is 1.22. The molecule has 1 N–H and O–H groups in total. The molecule has 0 spiro atoms. The van der Waals surface area contributed by atoms with Crippen LogP contribution in [-0.4, -0.2) is 21.4 Å². The van der Waals surface area contributed by atoms with Crippen LogP contribution in [0.3, 0.4) is 0 Å². The molecule has 0 aliphatic carbocycles. The lowest BCUT2D eigenvalue weighted by Crippen LogP contribution is -2.11. The average molecular weight is 409 g/mol. The lowest BCUT2D eigenvalue weighted by atomic mass is 10.2. The van der Waals surface area contributed by atoms with Crippen molar-refractivity contribution < 1.29 is 13.7 Å². The molecule has 0 aliphatic heterocycles. The van der Waals surface area contributed by atoms with E-state index in [0.717, 1.165) is 16.0 Å². The fraction of sp³-hybridized carbons (Fsp3) is 0.0476. The molecular formula is C21H16N2O3S2. The summed E-state index contributed by atoms with van der Waals surface area (Å²) in [5.41, 5.74) is 1.28. The maximum Gasteiger partial charge on any atom is 0.257 e. The van der Waals surface area contributed by atoms with Crippen molar-refractivity contribution in [3.05, 3.63) is 78.4 Å². The Morgan fingerprint density at radius 2 is 1.75 bits per heavy atom. The average Bonchev–Trinajstić information content (AvgIpc) is 3.10. The number of carbonyl (C=O) groups is 1. The fourth-order valence-electron chi connectivity index (χ4n) is 2.61. The summed E-state index contributed by atoms with van der Waals surface area (Å²) in [6, 6.07) is 21.9. The molecule has 0 bridgehead atoms. The van der Waals surface area contributed by atoms with E-state index in [1.165, 1.54) is 11.3 Å². The van der Waals surface area contributed by atoms with Crippen LogP contribution >= 0.6 is 11.3 Å². The van der Waals surface area contributed by atoms with Crippen molar-refractivity contribution in [3.8, 4) is 11.5 Å². The number of ether oxygens (including phenoxy) is 1. The number of para-hydroxylation sites is 1. The fourth-order valence-corrected chi connectivity index (χ4v) is 4.02. The molecule has 1 aromatic heterocycles. The van der Waals surface area contributed by atoms with E-state index in [4.69, 9.17) is 4.74 Å². The van der Waals surface area contributed by atoms with E-state index in [9.17, 15) is 9.00 Å². The second-order valence-electron chi connectivity index (χ2n) is 6.00. The number of rotatable bonds is 5. The second-order valence-corrected chi connectivity index (χ2v) is 8.41. The zero-order valence-electron chi connectivity index (χ0n) is 14.9. The van der Waals surface area contributed by atoms with Gasteiger partial charge in [-0.2, -0.15) is 0 Å². The van der Waals surface area contributed by atoms with Gasteiger partial charge in [-0.1, -0.05) is 29.5 Å². The van der Waals surface area contributed by atoms with Crippen LogP contribution in [0.5, 0.6) is 11.5 Å². The van der Waals surface area contributed by atoms with Gasteiger partial charge in [0.05, 0.1) is 10.2 Å². The van der Waals surface area contributed by atoms with Crippen LogP contribution in [-0.2, 0) is 10.8 Å². The highest BCUT2D eigenvalue weighted by Gasteiger charge is 2.11. The third kappa shape index (κ3) is 4.11. The highest BCUT2D eigenvalue weighted by molar-refractivity contribution is 7.84. The van der Waals surface area contributed by atoms with E-state index in [0.29, 0.717) is 21.3 Å². The van der Waals surface area contributed by atoms with E-state index >= 15 is 0 Å². The van der Waals surface area contributed by atoms with Crippen LogP contribution in [0, 0.1) is 0 Å². The number of benzene rings is 3. The Bertz CT molecular complexity index is 1160. The molecule has 0 saturated carbocycles. The minimum Gasteiger partial charge on any atom is -0.457 e. The number of fused-ring (bicyclic) bond motifs is 1. The van der Waals surface area contributed by atoms with Crippen LogP contribution < -0.4 is 10.1 Å². The summed E-state index contributed by atoms with van der Waals surface area (Å²) in [6.07, 6.45) is 1.60. The molecule has 1 amide bonds. The Hall–Kier alpha value is -3.03. The molecule has 1 atom stereocenters. The Labute approximate surface area is 168 Å². The standard InChI is InChI=1S/C21H16N2O3S2/c1-28(25)17-10-7-14(8-11-17)20(24)23-21-22-18-12-9-16(13-19(18)27-21)26-15-5-3-2-4-6-15/h2-13H,1H3,(H,22,23,24). The van der Waals surface area contributed by atoms with Gasteiger partial charge in [-0.15, -0.1) is 0 Å². The van der Waals surface area contributed by atoms with Gasteiger partial charge in [0.25, 0.3) is 5.91 Å². The number of nitrogens with zero attached hydrogens (tertiary/aromatic N) is 1. The molecule has 0 radical (unpaired) electrons.